The molecule has 8 heteroatoms. The number of carbonyl (C=O) groups excluding carboxylic acids is 1. The average molecular weight is 281 g/mol. The summed E-state index contributed by atoms with van der Waals surface area (Å²) in [5.41, 5.74) is 0.654. The zero-order chi connectivity index (χ0) is 13.7. The molecule has 0 saturated heterocycles. The number of methoxy groups -OCH3 is 1. The van der Waals surface area contributed by atoms with Crippen molar-refractivity contribution in [1.29, 1.82) is 0 Å². The van der Waals surface area contributed by atoms with Crippen molar-refractivity contribution in [2.24, 2.45) is 0 Å². The fraction of sp³-hybridized carbons (Fsp3) is 0.455. The second kappa shape index (κ2) is 6.37. The fourth-order valence-electron chi connectivity index (χ4n) is 1.42. The minimum atomic E-state index is -0.289. The first kappa shape index (κ1) is 13.6. The lowest BCUT2D eigenvalue weighted by atomic mass is 10.4. The number of nitrogens with one attached hydrogen (secondary N) is 2. The largest absolute Gasteiger partial charge is 0.468 e. The van der Waals surface area contributed by atoms with E-state index in [1.54, 1.807) is 6.20 Å². The summed E-state index contributed by atoms with van der Waals surface area (Å²) in [6.07, 6.45) is 2.63. The molecule has 0 amide bonds. The Kier molecular flexibility index (Phi) is 4.56. The number of aromatic amines is 1. The summed E-state index contributed by atoms with van der Waals surface area (Å²) in [5, 5.41) is 11.4. The SMILES string of the molecule is CCCNc1nc(SCC(=O)OC)c2cn[nH]c2n1. The smallest absolute Gasteiger partial charge is 0.316 e. The van der Waals surface area contributed by atoms with Gasteiger partial charge in [-0.3, -0.25) is 9.89 Å². The van der Waals surface area contributed by atoms with Gasteiger partial charge in [0.15, 0.2) is 5.65 Å². The molecule has 0 bridgehead atoms. The van der Waals surface area contributed by atoms with Gasteiger partial charge in [0.2, 0.25) is 5.95 Å². The normalized spacial score (nSPS) is 10.6. The maximum absolute atomic E-state index is 11.2. The molecular formula is C11H15N5O2S. The number of nitrogens with zero attached hydrogens (tertiary/aromatic N) is 3. The molecule has 0 atom stereocenters. The van der Waals surface area contributed by atoms with E-state index in [0.29, 0.717) is 16.6 Å². The first-order valence-corrected chi connectivity index (χ1v) is 6.87. The summed E-state index contributed by atoms with van der Waals surface area (Å²) >= 11 is 1.31. The Bertz CT molecular complexity index is 571. The van der Waals surface area contributed by atoms with Crippen LogP contribution in [0, 0.1) is 0 Å². The second-order valence-electron chi connectivity index (χ2n) is 3.78. The van der Waals surface area contributed by atoms with E-state index < -0.39 is 0 Å². The van der Waals surface area contributed by atoms with Crippen LogP contribution in [0.4, 0.5) is 5.95 Å². The van der Waals surface area contributed by atoms with Crippen molar-refractivity contribution in [3.05, 3.63) is 6.20 Å². The van der Waals surface area contributed by atoms with E-state index >= 15 is 0 Å². The van der Waals surface area contributed by atoms with Crippen LogP contribution in [0.1, 0.15) is 13.3 Å². The number of thioether (sulfide) groups is 1. The number of esters is 1. The van der Waals surface area contributed by atoms with E-state index in [4.69, 9.17) is 0 Å². The summed E-state index contributed by atoms with van der Waals surface area (Å²) in [7, 11) is 1.37. The second-order valence-corrected chi connectivity index (χ2v) is 4.74. The van der Waals surface area contributed by atoms with Crippen LogP contribution in [-0.4, -0.2) is 45.5 Å². The number of hydrogen-bond acceptors (Lipinski definition) is 7. The summed E-state index contributed by atoms with van der Waals surface area (Å²) in [6.45, 7) is 2.86. The van der Waals surface area contributed by atoms with E-state index in [0.717, 1.165) is 18.4 Å². The van der Waals surface area contributed by atoms with E-state index in [2.05, 4.69) is 37.1 Å². The third-order valence-electron chi connectivity index (χ3n) is 2.36. The maximum atomic E-state index is 11.2. The van der Waals surface area contributed by atoms with Gasteiger partial charge in [0.05, 0.1) is 24.4 Å². The third kappa shape index (κ3) is 3.34. The van der Waals surface area contributed by atoms with Crippen molar-refractivity contribution < 1.29 is 9.53 Å². The van der Waals surface area contributed by atoms with Crippen molar-refractivity contribution in [3.8, 4) is 0 Å². The number of H-pyrrole nitrogens is 1. The topological polar surface area (TPSA) is 92.8 Å². The van der Waals surface area contributed by atoms with E-state index in [9.17, 15) is 4.79 Å². The van der Waals surface area contributed by atoms with Gasteiger partial charge < -0.3 is 10.1 Å². The standard InChI is InChI=1S/C11H15N5O2S/c1-3-4-12-11-14-9-7(5-13-16-9)10(15-11)19-6-8(17)18-2/h5H,3-4,6H2,1-2H3,(H2,12,13,14,15,16). The van der Waals surface area contributed by atoms with Gasteiger partial charge in [0.25, 0.3) is 0 Å². The average Bonchev–Trinajstić information content (AvgIpc) is 2.90. The molecule has 0 fully saturated rings. The molecule has 0 unspecified atom stereocenters. The van der Waals surface area contributed by atoms with Crippen LogP contribution in [0.2, 0.25) is 0 Å². The summed E-state index contributed by atoms with van der Waals surface area (Å²) in [6, 6.07) is 0. The zero-order valence-electron chi connectivity index (χ0n) is 10.8. The lowest BCUT2D eigenvalue weighted by molar-refractivity contribution is -0.137. The molecule has 0 saturated carbocycles. The Morgan fingerprint density at radius 2 is 2.37 bits per heavy atom. The molecule has 2 heterocycles. The monoisotopic (exact) mass is 281 g/mol. The van der Waals surface area contributed by atoms with Crippen LogP contribution in [0.3, 0.4) is 0 Å². The molecule has 2 rings (SSSR count). The molecule has 0 spiro atoms. The Labute approximate surface area is 114 Å². The summed E-state index contributed by atoms with van der Waals surface area (Å²) < 4.78 is 4.62. The van der Waals surface area contributed by atoms with Gasteiger partial charge in [-0.25, -0.2) is 4.98 Å². The molecule has 0 aliphatic carbocycles. The molecule has 7 nitrogen and oxygen atoms in total. The first-order chi connectivity index (χ1) is 9.24. The van der Waals surface area contributed by atoms with Crippen molar-refractivity contribution in [2.45, 2.75) is 18.4 Å². The van der Waals surface area contributed by atoms with Gasteiger partial charge in [0.1, 0.15) is 5.03 Å². The highest BCUT2D eigenvalue weighted by molar-refractivity contribution is 8.00. The van der Waals surface area contributed by atoms with Gasteiger partial charge in [-0.1, -0.05) is 18.7 Å². The van der Waals surface area contributed by atoms with Gasteiger partial charge in [-0.2, -0.15) is 10.1 Å². The number of anilines is 1. The molecule has 0 aromatic carbocycles. The Balaban J connectivity index is 2.23. The van der Waals surface area contributed by atoms with Crippen LogP contribution in [0.15, 0.2) is 11.2 Å². The highest BCUT2D eigenvalue weighted by atomic mass is 32.2. The highest BCUT2D eigenvalue weighted by Gasteiger charge is 2.11. The number of fused-ring (bicyclic) bond motifs is 1. The molecule has 0 aliphatic rings. The van der Waals surface area contributed by atoms with Crippen LogP contribution in [-0.2, 0) is 9.53 Å². The summed E-state index contributed by atoms with van der Waals surface area (Å²) in [4.78, 5) is 19.9. The molecule has 2 aromatic rings. The molecule has 0 radical (unpaired) electrons. The molecule has 0 aliphatic heterocycles. The number of rotatable bonds is 6. The first-order valence-electron chi connectivity index (χ1n) is 5.89. The van der Waals surface area contributed by atoms with E-state index in [1.165, 1.54) is 18.9 Å². The number of hydrogen-bond donors (Lipinski definition) is 2. The third-order valence-corrected chi connectivity index (χ3v) is 3.33. The minimum absolute atomic E-state index is 0.209. The molecular weight excluding hydrogens is 266 g/mol. The van der Waals surface area contributed by atoms with Gasteiger partial charge in [-0.15, -0.1) is 0 Å². The highest BCUT2D eigenvalue weighted by Crippen LogP contribution is 2.25. The van der Waals surface area contributed by atoms with E-state index in [1.807, 2.05) is 0 Å². The molecule has 2 N–H and O–H groups in total. The van der Waals surface area contributed by atoms with Gasteiger partial charge >= 0.3 is 5.97 Å². The summed E-state index contributed by atoms with van der Waals surface area (Å²) in [5.74, 6) is 0.454. The fourth-order valence-corrected chi connectivity index (χ4v) is 2.25. The van der Waals surface area contributed by atoms with Crippen LogP contribution in [0.5, 0.6) is 0 Å². The number of aromatic nitrogens is 4. The predicted octanol–water partition coefficient (Wildman–Crippen LogP) is 1.44. The maximum Gasteiger partial charge on any atom is 0.316 e. The Hall–Kier alpha value is -1.83. The van der Waals surface area contributed by atoms with Gasteiger partial charge in [-0.05, 0) is 6.42 Å². The number of carbonyl (C=O) groups is 1. The van der Waals surface area contributed by atoms with Gasteiger partial charge in [0, 0.05) is 6.54 Å². The van der Waals surface area contributed by atoms with Crippen molar-refractivity contribution >= 4 is 34.7 Å². The van der Waals surface area contributed by atoms with Crippen molar-refractivity contribution in [1.82, 2.24) is 20.2 Å². The Morgan fingerprint density at radius 3 is 3.11 bits per heavy atom. The molecule has 2 aromatic heterocycles. The molecule has 102 valence electrons. The van der Waals surface area contributed by atoms with E-state index in [-0.39, 0.29) is 11.7 Å². The van der Waals surface area contributed by atoms with Crippen LogP contribution < -0.4 is 5.32 Å². The van der Waals surface area contributed by atoms with Crippen molar-refractivity contribution in [3.63, 3.8) is 0 Å². The Morgan fingerprint density at radius 1 is 1.53 bits per heavy atom. The zero-order valence-corrected chi connectivity index (χ0v) is 11.6. The molecule has 19 heavy (non-hydrogen) atoms. The van der Waals surface area contributed by atoms with Crippen LogP contribution >= 0.6 is 11.8 Å². The quantitative estimate of drug-likeness (QED) is 0.470. The lowest BCUT2D eigenvalue weighted by Crippen LogP contribution is -2.06. The number of ether oxygens (including phenoxy) is 1. The van der Waals surface area contributed by atoms with Crippen molar-refractivity contribution in [2.75, 3.05) is 24.7 Å². The minimum Gasteiger partial charge on any atom is -0.468 e. The predicted molar refractivity (Wildman–Crippen MR) is 73.2 cm³/mol. The lowest BCUT2D eigenvalue weighted by Gasteiger charge is -2.06. The van der Waals surface area contributed by atoms with Crippen LogP contribution in [0.25, 0.3) is 11.0 Å².